The number of hydrogen-bond donors (Lipinski definition) is 2. The number of H-pyrrole nitrogens is 1. The zero-order chi connectivity index (χ0) is 16.9. The highest BCUT2D eigenvalue weighted by atomic mass is 79.9. The van der Waals surface area contributed by atoms with Crippen LogP contribution in [0.2, 0.25) is 0 Å². The fourth-order valence-corrected chi connectivity index (χ4v) is 2.71. The van der Waals surface area contributed by atoms with E-state index in [2.05, 4.69) is 25.9 Å². The van der Waals surface area contributed by atoms with Gasteiger partial charge in [0.1, 0.15) is 18.1 Å². The van der Waals surface area contributed by atoms with Crippen molar-refractivity contribution in [2.45, 2.75) is 0 Å². The molecule has 0 unspecified atom stereocenters. The van der Waals surface area contributed by atoms with E-state index in [1.165, 1.54) is 0 Å². The first-order chi connectivity index (χ1) is 11.7. The fraction of sp³-hybridized carbons (Fsp3) is 0.167. The van der Waals surface area contributed by atoms with Crippen LogP contribution in [-0.4, -0.2) is 36.6 Å². The molecule has 0 amide bonds. The highest BCUT2D eigenvalue weighted by Crippen LogP contribution is 2.28. The van der Waals surface area contributed by atoms with Crippen molar-refractivity contribution in [2.75, 3.05) is 20.3 Å². The van der Waals surface area contributed by atoms with E-state index in [1.54, 1.807) is 13.3 Å². The molecule has 3 rings (SSSR count). The summed E-state index contributed by atoms with van der Waals surface area (Å²) in [6, 6.07) is 13.2. The first-order valence-corrected chi connectivity index (χ1v) is 8.23. The van der Waals surface area contributed by atoms with Crippen molar-refractivity contribution < 1.29 is 14.6 Å². The predicted octanol–water partition coefficient (Wildman–Crippen LogP) is 4.14. The molecule has 2 N–H and O–H groups in total. The molecule has 124 valence electrons. The highest BCUT2D eigenvalue weighted by Gasteiger charge is 2.08. The second kappa shape index (κ2) is 7.40. The third kappa shape index (κ3) is 3.71. The number of aromatic hydroxyl groups is 1. The molecule has 6 heteroatoms. The molecule has 1 heterocycles. The Morgan fingerprint density at radius 2 is 1.92 bits per heavy atom. The van der Waals surface area contributed by atoms with E-state index in [1.807, 2.05) is 42.5 Å². The summed E-state index contributed by atoms with van der Waals surface area (Å²) in [4.78, 5) is 7.27. The minimum Gasteiger partial charge on any atom is -0.497 e. The minimum atomic E-state index is 0.114. The molecule has 0 aliphatic rings. The van der Waals surface area contributed by atoms with Gasteiger partial charge in [-0.1, -0.05) is 15.9 Å². The average molecular weight is 389 g/mol. The van der Waals surface area contributed by atoms with Gasteiger partial charge in [-0.05, 0) is 42.5 Å². The highest BCUT2D eigenvalue weighted by molar-refractivity contribution is 9.10. The lowest BCUT2D eigenvalue weighted by atomic mass is 10.2. The first kappa shape index (κ1) is 16.4. The molecule has 1 aromatic heterocycles. The molecule has 5 nitrogen and oxygen atoms in total. The quantitative estimate of drug-likeness (QED) is 0.492. The van der Waals surface area contributed by atoms with Crippen LogP contribution < -0.4 is 9.47 Å². The van der Waals surface area contributed by atoms with Crippen LogP contribution in [0.5, 0.6) is 17.4 Å². The van der Waals surface area contributed by atoms with Gasteiger partial charge in [0.2, 0.25) is 0 Å². The van der Waals surface area contributed by atoms with Crippen molar-refractivity contribution in [1.82, 2.24) is 4.98 Å². The van der Waals surface area contributed by atoms with Gasteiger partial charge >= 0.3 is 0 Å². The maximum absolute atomic E-state index is 10.0. The number of aliphatic imine (C=N–C) groups is 1. The maximum Gasteiger partial charge on any atom is 0.198 e. The lowest BCUT2D eigenvalue weighted by Crippen LogP contribution is -2.01. The molecule has 3 aromatic rings. The molecule has 2 aromatic carbocycles. The largest absolute Gasteiger partial charge is 0.497 e. The molecule has 0 atom stereocenters. The maximum atomic E-state index is 10.0. The lowest BCUT2D eigenvalue weighted by molar-refractivity contribution is 0.328. The predicted molar refractivity (Wildman–Crippen MR) is 98.6 cm³/mol. The Morgan fingerprint density at radius 3 is 2.67 bits per heavy atom. The van der Waals surface area contributed by atoms with Gasteiger partial charge in [0.15, 0.2) is 5.88 Å². The molecular weight excluding hydrogens is 372 g/mol. The fourth-order valence-electron chi connectivity index (χ4n) is 2.35. The van der Waals surface area contributed by atoms with Crippen LogP contribution >= 0.6 is 15.9 Å². The van der Waals surface area contributed by atoms with Gasteiger partial charge < -0.3 is 19.6 Å². The number of ether oxygens (including phenoxy) is 2. The Labute approximate surface area is 148 Å². The third-order valence-electron chi connectivity index (χ3n) is 3.55. The summed E-state index contributed by atoms with van der Waals surface area (Å²) in [7, 11) is 1.63. The van der Waals surface area contributed by atoms with Crippen LogP contribution in [-0.2, 0) is 0 Å². The van der Waals surface area contributed by atoms with Crippen molar-refractivity contribution in [3.63, 3.8) is 0 Å². The zero-order valence-corrected chi connectivity index (χ0v) is 14.7. The molecule has 0 radical (unpaired) electrons. The first-order valence-electron chi connectivity index (χ1n) is 7.44. The summed E-state index contributed by atoms with van der Waals surface area (Å²) < 4.78 is 11.7. The van der Waals surface area contributed by atoms with Crippen LogP contribution in [0, 0.1) is 0 Å². The Hall–Kier alpha value is -2.47. The number of benzene rings is 2. The Kier molecular flexibility index (Phi) is 5.05. The molecule has 0 fully saturated rings. The number of hydrogen-bond acceptors (Lipinski definition) is 4. The van der Waals surface area contributed by atoms with Gasteiger partial charge in [-0.25, -0.2) is 0 Å². The van der Waals surface area contributed by atoms with Crippen molar-refractivity contribution in [2.24, 2.45) is 4.99 Å². The normalized spacial score (nSPS) is 11.2. The van der Waals surface area contributed by atoms with Crippen molar-refractivity contribution >= 4 is 33.0 Å². The van der Waals surface area contributed by atoms with E-state index < -0.39 is 0 Å². The SMILES string of the molecule is COc1ccc(OCCN=Cc2c(O)[nH]c3ccc(Br)cc23)cc1. The van der Waals surface area contributed by atoms with Crippen molar-refractivity contribution in [3.8, 4) is 17.4 Å². The molecule has 0 spiro atoms. The average Bonchev–Trinajstić information content (AvgIpc) is 2.90. The van der Waals surface area contributed by atoms with Crippen molar-refractivity contribution in [3.05, 3.63) is 52.5 Å². The van der Waals surface area contributed by atoms with Crippen LogP contribution in [0.15, 0.2) is 51.9 Å². The van der Waals surface area contributed by atoms with Gasteiger partial charge in [0.05, 0.1) is 19.2 Å². The zero-order valence-electron chi connectivity index (χ0n) is 13.1. The lowest BCUT2D eigenvalue weighted by Gasteiger charge is -2.05. The number of rotatable bonds is 6. The molecular formula is C18H17BrN2O3. The van der Waals surface area contributed by atoms with E-state index in [9.17, 15) is 5.11 Å². The second-order valence-corrected chi connectivity index (χ2v) is 6.05. The number of aromatic nitrogens is 1. The summed E-state index contributed by atoms with van der Waals surface area (Å²) in [5.41, 5.74) is 1.54. The number of halogens is 1. The smallest absolute Gasteiger partial charge is 0.198 e. The van der Waals surface area contributed by atoms with Gasteiger partial charge in [-0.2, -0.15) is 0 Å². The topological polar surface area (TPSA) is 66.8 Å². The molecule has 0 aliphatic carbocycles. The summed E-state index contributed by atoms with van der Waals surface area (Å²) in [5.74, 6) is 1.68. The van der Waals surface area contributed by atoms with E-state index in [4.69, 9.17) is 9.47 Å². The van der Waals surface area contributed by atoms with Gasteiger partial charge in [0.25, 0.3) is 0 Å². The number of methoxy groups -OCH3 is 1. The summed E-state index contributed by atoms with van der Waals surface area (Å²) in [6.45, 7) is 0.946. The van der Waals surface area contributed by atoms with Crippen LogP contribution in [0.25, 0.3) is 10.9 Å². The van der Waals surface area contributed by atoms with Crippen LogP contribution in [0.3, 0.4) is 0 Å². The minimum absolute atomic E-state index is 0.114. The molecule has 0 bridgehead atoms. The van der Waals surface area contributed by atoms with E-state index >= 15 is 0 Å². The van der Waals surface area contributed by atoms with E-state index in [-0.39, 0.29) is 5.88 Å². The van der Waals surface area contributed by atoms with Crippen molar-refractivity contribution in [1.29, 1.82) is 0 Å². The van der Waals surface area contributed by atoms with Crippen LogP contribution in [0.1, 0.15) is 5.56 Å². The summed E-state index contributed by atoms with van der Waals surface area (Å²) in [6.07, 6.45) is 1.66. The molecule has 24 heavy (non-hydrogen) atoms. The number of aromatic amines is 1. The summed E-state index contributed by atoms with van der Waals surface area (Å²) >= 11 is 3.44. The monoisotopic (exact) mass is 388 g/mol. The standard InChI is InChI=1S/C18H17BrN2O3/c1-23-13-3-5-14(6-4-13)24-9-8-20-11-16-15-10-12(19)2-7-17(15)21-18(16)22/h2-7,10-11,21-22H,8-9H2,1H3. The van der Waals surface area contributed by atoms with Gasteiger partial charge in [-0.15, -0.1) is 0 Å². The molecule has 0 saturated heterocycles. The van der Waals surface area contributed by atoms with E-state index in [0.717, 1.165) is 26.9 Å². The number of nitrogens with one attached hydrogen (secondary N) is 1. The Bertz CT molecular complexity index is 857. The summed E-state index contributed by atoms with van der Waals surface area (Å²) in [5, 5.41) is 10.9. The third-order valence-corrected chi connectivity index (χ3v) is 4.04. The number of fused-ring (bicyclic) bond motifs is 1. The Morgan fingerprint density at radius 1 is 1.17 bits per heavy atom. The second-order valence-electron chi connectivity index (χ2n) is 5.14. The van der Waals surface area contributed by atoms with Crippen LogP contribution in [0.4, 0.5) is 0 Å². The molecule has 0 aliphatic heterocycles. The van der Waals surface area contributed by atoms with Gasteiger partial charge in [-0.3, -0.25) is 4.99 Å². The van der Waals surface area contributed by atoms with E-state index in [0.29, 0.717) is 18.7 Å². The number of nitrogens with zero attached hydrogens (tertiary/aromatic N) is 1. The molecule has 0 saturated carbocycles. The van der Waals surface area contributed by atoms with Gasteiger partial charge in [0, 0.05) is 21.6 Å². The Balaban J connectivity index is 1.60.